The Labute approximate surface area is 267 Å². The van der Waals surface area contributed by atoms with Gasteiger partial charge in [0.25, 0.3) is 11.8 Å². The van der Waals surface area contributed by atoms with Gasteiger partial charge in [-0.1, -0.05) is 84.9 Å². The molecular formula is C38H43N3O4. The zero-order valence-corrected chi connectivity index (χ0v) is 26.4. The highest BCUT2D eigenvalue weighted by molar-refractivity contribution is 5.96. The maximum atomic E-state index is 13.9. The van der Waals surface area contributed by atoms with E-state index >= 15 is 0 Å². The minimum absolute atomic E-state index is 0.0483. The first-order valence-corrected chi connectivity index (χ1v) is 15.8. The number of carbonyl (C=O) groups excluding carboxylic acids is 2. The normalized spacial score (nSPS) is 14.5. The fourth-order valence-electron chi connectivity index (χ4n) is 5.83. The van der Waals surface area contributed by atoms with Crippen LogP contribution >= 0.6 is 0 Å². The van der Waals surface area contributed by atoms with Crippen molar-refractivity contribution in [2.24, 2.45) is 0 Å². The van der Waals surface area contributed by atoms with Crippen molar-refractivity contribution < 1.29 is 19.1 Å². The van der Waals surface area contributed by atoms with Crippen LogP contribution in [0.25, 0.3) is 0 Å². The van der Waals surface area contributed by atoms with Gasteiger partial charge in [-0.3, -0.25) is 14.5 Å². The molecule has 7 nitrogen and oxygen atoms in total. The van der Waals surface area contributed by atoms with E-state index in [2.05, 4.69) is 29.2 Å². The van der Waals surface area contributed by atoms with E-state index < -0.39 is 0 Å². The molecule has 0 radical (unpaired) electrons. The molecule has 0 atom stereocenters. The minimum atomic E-state index is -0.109. The topological polar surface area (TPSA) is 62.3 Å². The molecule has 0 bridgehead atoms. The SMILES string of the molecule is Cc1ccccc1OCC(=O)N1CCCN(Cc2ccccc2)CCCN(C(=O)COc2ccccc2)c2c(C)cccc2C1. The number of anilines is 1. The van der Waals surface area contributed by atoms with Crippen molar-refractivity contribution in [1.82, 2.24) is 9.80 Å². The van der Waals surface area contributed by atoms with Crippen LogP contribution in [0.15, 0.2) is 103 Å². The smallest absolute Gasteiger partial charge is 0.264 e. The molecule has 1 aliphatic heterocycles. The van der Waals surface area contributed by atoms with Gasteiger partial charge >= 0.3 is 0 Å². The number of benzene rings is 4. The van der Waals surface area contributed by atoms with Crippen LogP contribution in [0.4, 0.5) is 5.69 Å². The van der Waals surface area contributed by atoms with Gasteiger partial charge in [0.1, 0.15) is 11.5 Å². The molecule has 0 saturated carbocycles. The van der Waals surface area contributed by atoms with Gasteiger partial charge in [0.05, 0.1) is 5.69 Å². The summed E-state index contributed by atoms with van der Waals surface area (Å²) in [6, 6.07) is 33.6. The predicted octanol–water partition coefficient (Wildman–Crippen LogP) is 6.42. The number of carbonyl (C=O) groups is 2. The number of fused-ring (bicyclic) bond motifs is 1. The molecule has 0 spiro atoms. The molecule has 0 N–H and O–H groups in total. The predicted molar refractivity (Wildman–Crippen MR) is 179 cm³/mol. The first kappa shape index (κ1) is 31.8. The summed E-state index contributed by atoms with van der Waals surface area (Å²) in [5.74, 6) is 1.18. The third-order valence-corrected chi connectivity index (χ3v) is 8.16. The summed E-state index contributed by atoms with van der Waals surface area (Å²) in [5.41, 5.74) is 5.02. The van der Waals surface area contributed by atoms with Crippen molar-refractivity contribution in [3.63, 3.8) is 0 Å². The Morgan fingerprint density at radius 3 is 2.04 bits per heavy atom. The molecule has 7 heteroatoms. The number of nitrogens with zero attached hydrogens (tertiary/aromatic N) is 3. The minimum Gasteiger partial charge on any atom is -0.484 e. The fraction of sp³-hybridized carbons (Fsp3) is 0.316. The monoisotopic (exact) mass is 605 g/mol. The zero-order chi connectivity index (χ0) is 31.4. The van der Waals surface area contributed by atoms with E-state index in [-0.39, 0.29) is 25.0 Å². The van der Waals surface area contributed by atoms with E-state index in [1.54, 1.807) is 0 Å². The molecule has 0 aliphatic carbocycles. The molecule has 0 saturated heterocycles. The van der Waals surface area contributed by atoms with E-state index in [1.807, 2.05) is 103 Å². The summed E-state index contributed by atoms with van der Waals surface area (Å²) >= 11 is 0. The Morgan fingerprint density at radius 2 is 1.29 bits per heavy atom. The van der Waals surface area contributed by atoms with Gasteiger partial charge in [0.15, 0.2) is 13.2 Å². The van der Waals surface area contributed by atoms with Crippen molar-refractivity contribution >= 4 is 17.5 Å². The fourth-order valence-corrected chi connectivity index (χ4v) is 5.83. The third kappa shape index (κ3) is 8.96. The Kier molecular flexibility index (Phi) is 11.2. The maximum Gasteiger partial charge on any atom is 0.264 e. The number of para-hydroxylation sites is 3. The first-order valence-electron chi connectivity index (χ1n) is 15.8. The van der Waals surface area contributed by atoms with Gasteiger partial charge in [0, 0.05) is 39.3 Å². The van der Waals surface area contributed by atoms with Crippen LogP contribution in [-0.2, 0) is 22.7 Å². The molecule has 4 aromatic carbocycles. The maximum absolute atomic E-state index is 13.9. The van der Waals surface area contributed by atoms with Gasteiger partial charge < -0.3 is 19.3 Å². The molecular weight excluding hydrogens is 562 g/mol. The summed E-state index contributed by atoms with van der Waals surface area (Å²) < 4.78 is 11.9. The molecule has 5 rings (SSSR count). The van der Waals surface area contributed by atoms with Crippen molar-refractivity contribution in [2.45, 2.75) is 39.8 Å². The van der Waals surface area contributed by atoms with Crippen LogP contribution in [0.5, 0.6) is 11.5 Å². The van der Waals surface area contributed by atoms with E-state index in [0.717, 1.165) is 54.9 Å². The third-order valence-electron chi connectivity index (χ3n) is 8.16. The summed E-state index contributed by atoms with van der Waals surface area (Å²) in [6.45, 7) is 7.87. The second-order valence-electron chi connectivity index (χ2n) is 11.6. The van der Waals surface area contributed by atoms with Crippen molar-refractivity contribution in [3.05, 3.63) is 125 Å². The van der Waals surface area contributed by atoms with Crippen molar-refractivity contribution in [1.29, 1.82) is 0 Å². The van der Waals surface area contributed by atoms with Gasteiger partial charge in [-0.2, -0.15) is 0 Å². The molecule has 1 aliphatic rings. The van der Waals surface area contributed by atoms with E-state index in [0.29, 0.717) is 31.1 Å². The highest BCUT2D eigenvalue weighted by Crippen LogP contribution is 2.28. The van der Waals surface area contributed by atoms with E-state index in [4.69, 9.17) is 9.47 Å². The van der Waals surface area contributed by atoms with Gasteiger partial charge in [-0.25, -0.2) is 0 Å². The summed E-state index contributed by atoms with van der Waals surface area (Å²) in [7, 11) is 0. The Bertz CT molecular complexity index is 1540. The lowest BCUT2D eigenvalue weighted by Gasteiger charge is -2.32. The lowest BCUT2D eigenvalue weighted by atomic mass is 10.0. The number of hydrogen-bond acceptors (Lipinski definition) is 5. The van der Waals surface area contributed by atoms with Crippen molar-refractivity contribution in [3.8, 4) is 11.5 Å². The van der Waals surface area contributed by atoms with E-state index in [1.165, 1.54) is 5.56 Å². The van der Waals surface area contributed by atoms with Crippen LogP contribution in [0.2, 0.25) is 0 Å². The Hall–Kier alpha value is -4.62. The van der Waals surface area contributed by atoms with Gasteiger partial charge in [-0.15, -0.1) is 0 Å². The van der Waals surface area contributed by atoms with Crippen LogP contribution in [-0.4, -0.2) is 61.0 Å². The summed E-state index contributed by atoms with van der Waals surface area (Å²) in [6.07, 6.45) is 1.64. The molecule has 0 unspecified atom stereocenters. The Morgan fingerprint density at radius 1 is 0.644 bits per heavy atom. The Balaban J connectivity index is 1.41. The molecule has 4 aromatic rings. The van der Waals surface area contributed by atoms with Crippen LogP contribution < -0.4 is 14.4 Å². The molecule has 45 heavy (non-hydrogen) atoms. The van der Waals surface area contributed by atoms with E-state index in [9.17, 15) is 9.59 Å². The quantitative estimate of drug-likeness (QED) is 0.232. The molecule has 2 amide bonds. The summed E-state index contributed by atoms with van der Waals surface area (Å²) in [5, 5.41) is 0. The van der Waals surface area contributed by atoms with Gasteiger partial charge in [0.2, 0.25) is 0 Å². The lowest BCUT2D eigenvalue weighted by molar-refractivity contribution is -0.134. The summed E-state index contributed by atoms with van der Waals surface area (Å²) in [4.78, 5) is 33.8. The molecule has 1 heterocycles. The number of ether oxygens (including phenoxy) is 2. The second kappa shape index (κ2) is 15.9. The zero-order valence-electron chi connectivity index (χ0n) is 26.4. The average Bonchev–Trinajstić information content (AvgIpc) is 3.05. The highest BCUT2D eigenvalue weighted by Gasteiger charge is 2.25. The van der Waals surface area contributed by atoms with Crippen LogP contribution in [0.3, 0.4) is 0 Å². The number of rotatable bonds is 8. The molecule has 234 valence electrons. The van der Waals surface area contributed by atoms with Crippen LogP contribution in [0.1, 0.15) is 35.1 Å². The average molecular weight is 606 g/mol. The number of hydrogen-bond donors (Lipinski definition) is 0. The highest BCUT2D eigenvalue weighted by atomic mass is 16.5. The second-order valence-corrected chi connectivity index (χ2v) is 11.6. The standard InChI is InChI=1S/C38H43N3O4/c1-30-14-9-10-21-35(30)45-28-36(42)40-24-12-22-39(26-32-16-5-3-6-17-32)23-13-25-41(38-31(2)15-11-18-33(38)27-40)37(43)29-44-34-19-7-4-8-20-34/h3-11,14-21H,12-13,22-29H2,1-2H3. The number of amides is 2. The largest absolute Gasteiger partial charge is 0.484 e. The van der Waals surface area contributed by atoms with Gasteiger partial charge in [-0.05, 0) is 67.1 Å². The lowest BCUT2D eigenvalue weighted by Crippen LogP contribution is -2.41. The number of aryl methyl sites for hydroxylation is 2. The molecule has 0 fully saturated rings. The van der Waals surface area contributed by atoms with Crippen molar-refractivity contribution in [2.75, 3.05) is 44.3 Å². The van der Waals surface area contributed by atoms with Crippen LogP contribution in [0, 0.1) is 13.8 Å². The first-order chi connectivity index (χ1) is 22.0. The molecule has 0 aromatic heterocycles.